The number of alkyl halides is 2. The van der Waals surface area contributed by atoms with Gasteiger partial charge in [-0.3, -0.25) is 4.79 Å². The van der Waals surface area contributed by atoms with Crippen LogP contribution in [0.25, 0.3) is 0 Å². The molecule has 1 rings (SSSR count). The van der Waals surface area contributed by atoms with Crippen LogP contribution in [0.5, 0.6) is 0 Å². The minimum atomic E-state index is -2.96. The van der Waals surface area contributed by atoms with Gasteiger partial charge in [-0.1, -0.05) is 0 Å². The Balaban J connectivity index is 2.39. The number of hydrogen-bond donors (Lipinski definition) is 1. The molecule has 3 nitrogen and oxygen atoms in total. The van der Waals surface area contributed by atoms with Crippen LogP contribution in [0.15, 0.2) is 5.38 Å². The predicted molar refractivity (Wildman–Crippen MR) is 44.7 cm³/mol. The maximum atomic E-state index is 11.7. The number of nitrogens with zero attached hydrogens (tertiary/aromatic N) is 1. The minimum absolute atomic E-state index is 0.0711. The van der Waals surface area contributed by atoms with Crippen LogP contribution in [0.3, 0.4) is 0 Å². The van der Waals surface area contributed by atoms with E-state index in [4.69, 9.17) is 0 Å². The molecule has 6 heteroatoms. The molecule has 1 aromatic rings. The number of rotatable bonds is 3. The molecule has 72 valence electrons. The lowest BCUT2D eigenvalue weighted by molar-refractivity contribution is -0.131. The Bertz CT molecular complexity index is 300. The van der Waals surface area contributed by atoms with Gasteiger partial charge in [0.1, 0.15) is 5.01 Å². The molecule has 0 spiro atoms. The summed E-state index contributed by atoms with van der Waals surface area (Å²) in [7, 11) is 0. The summed E-state index contributed by atoms with van der Waals surface area (Å²) in [6, 6.07) is 0. The number of thiazole rings is 1. The van der Waals surface area contributed by atoms with Gasteiger partial charge in [-0.2, -0.15) is 8.78 Å². The van der Waals surface area contributed by atoms with Gasteiger partial charge in [0, 0.05) is 11.1 Å². The molecule has 1 heterocycles. The first kappa shape index (κ1) is 10.0. The number of amides is 1. The van der Waals surface area contributed by atoms with Crippen molar-refractivity contribution in [3.63, 3.8) is 0 Å². The van der Waals surface area contributed by atoms with Gasteiger partial charge in [-0.25, -0.2) is 4.98 Å². The fraction of sp³-hybridized carbons (Fsp3) is 0.429. The molecule has 1 N–H and O–H groups in total. The lowest BCUT2D eigenvalue weighted by Crippen LogP contribution is -2.28. The third-order valence-corrected chi connectivity index (χ3v) is 2.25. The SMILES string of the molecule is Cc1csc(CNC(=O)C(F)F)n1. The van der Waals surface area contributed by atoms with Gasteiger partial charge in [-0.15, -0.1) is 11.3 Å². The first-order valence-corrected chi connectivity index (χ1v) is 4.44. The van der Waals surface area contributed by atoms with Crippen LogP contribution in [0.1, 0.15) is 10.7 Å². The summed E-state index contributed by atoms with van der Waals surface area (Å²) in [5.74, 6) is -1.26. The van der Waals surface area contributed by atoms with Crippen molar-refractivity contribution in [3.05, 3.63) is 16.1 Å². The van der Waals surface area contributed by atoms with E-state index in [2.05, 4.69) is 10.3 Å². The topological polar surface area (TPSA) is 42.0 Å². The lowest BCUT2D eigenvalue weighted by Gasteiger charge is -2.00. The molecule has 0 aliphatic rings. The summed E-state index contributed by atoms with van der Waals surface area (Å²) >= 11 is 1.33. The van der Waals surface area contributed by atoms with Gasteiger partial charge < -0.3 is 5.32 Å². The number of aromatic nitrogens is 1. The molecule has 0 unspecified atom stereocenters. The Morgan fingerprint density at radius 3 is 2.92 bits per heavy atom. The van der Waals surface area contributed by atoms with Crippen molar-refractivity contribution in [2.24, 2.45) is 0 Å². The first-order chi connectivity index (χ1) is 6.09. The van der Waals surface area contributed by atoms with E-state index in [9.17, 15) is 13.6 Å². The van der Waals surface area contributed by atoms with Crippen molar-refractivity contribution in [2.75, 3.05) is 0 Å². The van der Waals surface area contributed by atoms with Gasteiger partial charge in [0.25, 0.3) is 5.91 Å². The molecule has 0 radical (unpaired) electrons. The highest BCUT2D eigenvalue weighted by Gasteiger charge is 2.14. The van der Waals surface area contributed by atoms with Gasteiger partial charge in [0.15, 0.2) is 0 Å². The van der Waals surface area contributed by atoms with E-state index in [-0.39, 0.29) is 6.54 Å². The fourth-order valence-electron chi connectivity index (χ4n) is 0.724. The van der Waals surface area contributed by atoms with Crippen LogP contribution in [-0.2, 0) is 11.3 Å². The predicted octanol–water partition coefficient (Wildman–Crippen LogP) is 1.33. The monoisotopic (exact) mass is 206 g/mol. The second kappa shape index (κ2) is 4.27. The Hall–Kier alpha value is -1.04. The van der Waals surface area contributed by atoms with Crippen molar-refractivity contribution in [1.82, 2.24) is 10.3 Å². The van der Waals surface area contributed by atoms with E-state index in [0.29, 0.717) is 5.01 Å². The molecule has 0 aliphatic carbocycles. The molecule has 1 amide bonds. The molecule has 0 aromatic carbocycles. The third-order valence-electron chi connectivity index (χ3n) is 1.28. The van der Waals surface area contributed by atoms with Gasteiger partial charge in [0.05, 0.1) is 6.54 Å². The number of nitrogens with one attached hydrogen (secondary N) is 1. The summed E-state index contributed by atoms with van der Waals surface area (Å²) in [5.41, 5.74) is 0.825. The Morgan fingerprint density at radius 2 is 2.46 bits per heavy atom. The molecule has 0 fully saturated rings. The van der Waals surface area contributed by atoms with Crippen LogP contribution >= 0.6 is 11.3 Å². The first-order valence-electron chi connectivity index (χ1n) is 3.56. The Kier molecular flexibility index (Phi) is 3.30. The molecular formula is C7H8F2N2OS. The van der Waals surface area contributed by atoms with Crippen LogP contribution in [0.4, 0.5) is 8.78 Å². The summed E-state index contributed by atoms with van der Waals surface area (Å²) in [6.07, 6.45) is -2.96. The summed E-state index contributed by atoms with van der Waals surface area (Å²) in [5, 5.41) is 4.50. The number of carbonyl (C=O) groups excluding carboxylic acids is 1. The highest BCUT2D eigenvalue weighted by atomic mass is 32.1. The highest BCUT2D eigenvalue weighted by molar-refractivity contribution is 7.09. The van der Waals surface area contributed by atoms with E-state index >= 15 is 0 Å². The number of halogens is 2. The normalized spacial score (nSPS) is 10.5. The second-order valence-electron chi connectivity index (χ2n) is 2.40. The van der Waals surface area contributed by atoms with E-state index in [1.165, 1.54) is 11.3 Å². The van der Waals surface area contributed by atoms with E-state index in [1.807, 2.05) is 0 Å². The van der Waals surface area contributed by atoms with Crippen LogP contribution in [-0.4, -0.2) is 17.3 Å². The number of aryl methyl sites for hydroxylation is 1. The minimum Gasteiger partial charge on any atom is -0.345 e. The Morgan fingerprint density at radius 1 is 1.77 bits per heavy atom. The molecule has 0 bridgehead atoms. The van der Waals surface area contributed by atoms with Crippen LogP contribution in [0.2, 0.25) is 0 Å². The smallest absolute Gasteiger partial charge is 0.315 e. The Labute approximate surface area is 77.8 Å². The molecular weight excluding hydrogens is 198 g/mol. The fourth-order valence-corrected chi connectivity index (χ4v) is 1.44. The average molecular weight is 206 g/mol. The second-order valence-corrected chi connectivity index (χ2v) is 3.34. The largest absolute Gasteiger partial charge is 0.345 e. The van der Waals surface area contributed by atoms with Crippen molar-refractivity contribution < 1.29 is 13.6 Å². The van der Waals surface area contributed by atoms with Crippen molar-refractivity contribution >= 4 is 17.2 Å². The van der Waals surface area contributed by atoms with E-state index in [1.54, 1.807) is 12.3 Å². The molecule has 0 saturated heterocycles. The summed E-state index contributed by atoms with van der Waals surface area (Å²) < 4.78 is 23.4. The molecule has 1 aromatic heterocycles. The molecule has 0 aliphatic heterocycles. The number of hydrogen-bond acceptors (Lipinski definition) is 3. The van der Waals surface area contributed by atoms with E-state index < -0.39 is 12.3 Å². The van der Waals surface area contributed by atoms with Crippen molar-refractivity contribution in [3.8, 4) is 0 Å². The van der Waals surface area contributed by atoms with Crippen molar-refractivity contribution in [2.45, 2.75) is 19.9 Å². The van der Waals surface area contributed by atoms with Crippen LogP contribution < -0.4 is 5.32 Å². The zero-order chi connectivity index (χ0) is 9.84. The maximum Gasteiger partial charge on any atom is 0.315 e. The lowest BCUT2D eigenvalue weighted by atomic mass is 10.5. The molecule has 0 atom stereocenters. The van der Waals surface area contributed by atoms with Crippen molar-refractivity contribution in [1.29, 1.82) is 0 Å². The standard InChI is InChI=1S/C7H8F2N2OS/c1-4-3-13-5(11-4)2-10-7(12)6(8)9/h3,6H,2H2,1H3,(H,10,12). The quantitative estimate of drug-likeness (QED) is 0.810. The summed E-state index contributed by atoms with van der Waals surface area (Å²) in [6.45, 7) is 1.87. The van der Waals surface area contributed by atoms with Gasteiger partial charge >= 0.3 is 6.43 Å². The van der Waals surface area contributed by atoms with Crippen LogP contribution in [0, 0.1) is 6.92 Å². The average Bonchev–Trinajstić information content (AvgIpc) is 2.47. The molecule has 13 heavy (non-hydrogen) atoms. The third kappa shape index (κ3) is 3.06. The zero-order valence-electron chi connectivity index (χ0n) is 6.88. The number of carbonyl (C=O) groups is 1. The zero-order valence-corrected chi connectivity index (χ0v) is 7.70. The van der Waals surface area contributed by atoms with E-state index in [0.717, 1.165) is 5.69 Å². The maximum absolute atomic E-state index is 11.7. The summed E-state index contributed by atoms with van der Waals surface area (Å²) in [4.78, 5) is 14.4. The highest BCUT2D eigenvalue weighted by Crippen LogP contribution is 2.07. The molecule has 0 saturated carbocycles. The van der Waals surface area contributed by atoms with Gasteiger partial charge in [0.2, 0.25) is 0 Å². The van der Waals surface area contributed by atoms with Gasteiger partial charge in [-0.05, 0) is 6.92 Å².